The molecule has 16 heavy (non-hydrogen) atoms. The van der Waals surface area contributed by atoms with Gasteiger partial charge in [-0.3, -0.25) is 4.99 Å². The molecule has 0 aromatic heterocycles. The van der Waals surface area contributed by atoms with Crippen LogP contribution in [0.3, 0.4) is 0 Å². The number of unbranched alkanes of at least 4 members (excludes halogenated alkanes) is 1. The minimum absolute atomic E-state index is 1.04. The zero-order chi connectivity index (χ0) is 12.4. The van der Waals surface area contributed by atoms with Gasteiger partial charge in [-0.25, -0.2) is 0 Å². The van der Waals surface area contributed by atoms with Gasteiger partial charge >= 0.3 is 0 Å². The summed E-state index contributed by atoms with van der Waals surface area (Å²) in [7, 11) is 0. The highest BCUT2D eigenvalue weighted by atomic mass is 14.8. The molecule has 1 heteroatoms. The highest BCUT2D eigenvalue weighted by molar-refractivity contribution is 5.91. The Morgan fingerprint density at radius 2 is 1.62 bits per heavy atom. The quantitative estimate of drug-likeness (QED) is 0.618. The Hall–Kier alpha value is -1.11. The number of para-hydroxylation sites is 1. The summed E-state index contributed by atoms with van der Waals surface area (Å²) in [5.74, 6) is 0. The van der Waals surface area contributed by atoms with Crippen LogP contribution >= 0.6 is 0 Å². The Morgan fingerprint density at radius 1 is 1.06 bits per heavy atom. The van der Waals surface area contributed by atoms with Crippen LogP contribution in [-0.2, 0) is 6.42 Å². The average Bonchev–Trinajstić information content (AvgIpc) is 2.72. The van der Waals surface area contributed by atoms with Crippen molar-refractivity contribution in [3.05, 3.63) is 29.8 Å². The van der Waals surface area contributed by atoms with E-state index >= 15 is 0 Å². The minimum atomic E-state index is 1.04. The van der Waals surface area contributed by atoms with Crippen LogP contribution in [0.25, 0.3) is 0 Å². The van der Waals surface area contributed by atoms with Crippen LogP contribution in [0.1, 0.15) is 53.0 Å². The first-order valence-corrected chi connectivity index (χ1v) is 6.40. The lowest BCUT2D eigenvalue weighted by atomic mass is 10.1. The van der Waals surface area contributed by atoms with Gasteiger partial charge in [-0.2, -0.15) is 0 Å². The van der Waals surface area contributed by atoms with Crippen LogP contribution in [0.15, 0.2) is 29.3 Å². The first kappa shape index (κ1) is 14.9. The predicted octanol–water partition coefficient (Wildman–Crippen LogP) is 5.17. The number of aliphatic imine (C=N–C) groups is 1. The van der Waals surface area contributed by atoms with E-state index in [4.69, 9.17) is 0 Å². The molecule has 0 radical (unpaired) electrons. The molecule has 0 amide bonds. The summed E-state index contributed by atoms with van der Waals surface area (Å²) in [5, 5.41) is 0. The van der Waals surface area contributed by atoms with Crippen molar-refractivity contribution in [2.45, 2.75) is 53.9 Å². The molecule has 0 N–H and O–H groups in total. The molecular weight excluding hydrogens is 194 g/mol. The molecule has 0 atom stereocenters. The molecule has 1 aromatic rings. The third-order valence-electron chi connectivity index (χ3n) is 2.25. The molecule has 1 aromatic carbocycles. The Balaban J connectivity index is 0.000000323. The maximum atomic E-state index is 4.37. The fraction of sp³-hybridized carbons (Fsp3) is 0.533. The average molecular weight is 219 g/mol. The standard InChI is InChI=1S/C9H9N.C4H10.C2H6/c1-7-6-8-4-2-3-5-9(8)10-7;1-3-4-2;1-2/h2-5H,6H2,1H3;3-4H2,1-2H3;1-2H3. The Kier molecular flexibility index (Phi) is 8.51. The summed E-state index contributed by atoms with van der Waals surface area (Å²) in [6.07, 6.45) is 3.68. The van der Waals surface area contributed by atoms with E-state index in [9.17, 15) is 0 Å². The molecule has 1 heterocycles. The van der Waals surface area contributed by atoms with E-state index in [1.807, 2.05) is 19.9 Å². The molecule has 0 aliphatic carbocycles. The number of benzene rings is 1. The van der Waals surface area contributed by atoms with Gasteiger partial charge in [0.05, 0.1) is 5.69 Å². The zero-order valence-corrected chi connectivity index (χ0v) is 11.4. The van der Waals surface area contributed by atoms with Crippen molar-refractivity contribution < 1.29 is 0 Å². The normalized spacial score (nSPS) is 11.4. The summed E-state index contributed by atoms with van der Waals surface area (Å²) in [4.78, 5) is 4.37. The number of fused-ring (bicyclic) bond motifs is 1. The second-order valence-electron chi connectivity index (χ2n) is 3.65. The molecule has 0 saturated carbocycles. The van der Waals surface area contributed by atoms with E-state index in [-0.39, 0.29) is 0 Å². The van der Waals surface area contributed by atoms with Crippen molar-refractivity contribution in [2.75, 3.05) is 0 Å². The van der Waals surface area contributed by atoms with Crippen molar-refractivity contribution in [3.63, 3.8) is 0 Å². The van der Waals surface area contributed by atoms with Gasteiger partial charge in [-0.15, -0.1) is 0 Å². The first-order valence-electron chi connectivity index (χ1n) is 6.40. The lowest BCUT2D eigenvalue weighted by Crippen LogP contribution is -1.87. The number of hydrogen-bond acceptors (Lipinski definition) is 1. The van der Waals surface area contributed by atoms with Crippen LogP contribution in [0, 0.1) is 0 Å². The molecule has 0 spiro atoms. The van der Waals surface area contributed by atoms with Gasteiger partial charge in [-0.05, 0) is 18.6 Å². The lowest BCUT2D eigenvalue weighted by molar-refractivity contribution is 0.886. The maximum absolute atomic E-state index is 4.37. The molecule has 1 nitrogen and oxygen atoms in total. The van der Waals surface area contributed by atoms with Gasteiger partial charge in [0.15, 0.2) is 0 Å². The molecular formula is C15H25N. The van der Waals surface area contributed by atoms with Crippen LogP contribution in [0.4, 0.5) is 5.69 Å². The Morgan fingerprint density at radius 3 is 2.12 bits per heavy atom. The molecule has 0 fully saturated rings. The van der Waals surface area contributed by atoms with Crippen molar-refractivity contribution in [2.24, 2.45) is 4.99 Å². The second kappa shape index (κ2) is 9.14. The molecule has 1 aliphatic heterocycles. The molecule has 90 valence electrons. The van der Waals surface area contributed by atoms with Gasteiger partial charge in [0.2, 0.25) is 0 Å². The van der Waals surface area contributed by atoms with Crippen LogP contribution < -0.4 is 0 Å². The van der Waals surface area contributed by atoms with E-state index in [1.165, 1.54) is 24.1 Å². The van der Waals surface area contributed by atoms with Crippen molar-refractivity contribution in [1.82, 2.24) is 0 Å². The van der Waals surface area contributed by atoms with Crippen molar-refractivity contribution in [3.8, 4) is 0 Å². The van der Waals surface area contributed by atoms with E-state index < -0.39 is 0 Å². The minimum Gasteiger partial charge on any atom is -0.257 e. The van der Waals surface area contributed by atoms with Gasteiger partial charge in [0.25, 0.3) is 0 Å². The van der Waals surface area contributed by atoms with E-state index in [2.05, 4.69) is 44.0 Å². The molecule has 2 rings (SSSR count). The topological polar surface area (TPSA) is 12.4 Å². The smallest absolute Gasteiger partial charge is 0.0664 e. The van der Waals surface area contributed by atoms with Gasteiger partial charge < -0.3 is 0 Å². The van der Waals surface area contributed by atoms with Crippen molar-refractivity contribution >= 4 is 11.4 Å². The van der Waals surface area contributed by atoms with E-state index in [0.717, 1.165) is 12.1 Å². The number of hydrogen-bond donors (Lipinski definition) is 0. The third-order valence-corrected chi connectivity index (χ3v) is 2.25. The SMILES string of the molecule is CC.CC1=Nc2ccccc2C1.CCCC. The first-order chi connectivity index (χ1) is 7.77. The second-order valence-corrected chi connectivity index (χ2v) is 3.65. The lowest BCUT2D eigenvalue weighted by Gasteiger charge is -1.91. The fourth-order valence-electron chi connectivity index (χ4n) is 1.29. The van der Waals surface area contributed by atoms with E-state index in [0.29, 0.717) is 0 Å². The Bertz CT molecular complexity index is 311. The highest BCUT2D eigenvalue weighted by Crippen LogP contribution is 2.25. The maximum Gasteiger partial charge on any atom is 0.0664 e. The zero-order valence-electron chi connectivity index (χ0n) is 11.4. The highest BCUT2D eigenvalue weighted by Gasteiger charge is 2.08. The van der Waals surface area contributed by atoms with Crippen molar-refractivity contribution in [1.29, 1.82) is 0 Å². The largest absolute Gasteiger partial charge is 0.257 e. The van der Waals surface area contributed by atoms with Crippen LogP contribution in [0.5, 0.6) is 0 Å². The molecule has 0 bridgehead atoms. The summed E-state index contributed by atoms with van der Waals surface area (Å²) < 4.78 is 0. The fourth-order valence-corrected chi connectivity index (χ4v) is 1.29. The van der Waals surface area contributed by atoms with E-state index in [1.54, 1.807) is 0 Å². The summed E-state index contributed by atoms with van der Waals surface area (Å²) >= 11 is 0. The van der Waals surface area contributed by atoms with Crippen LogP contribution in [0.2, 0.25) is 0 Å². The Labute approximate surface area is 101 Å². The van der Waals surface area contributed by atoms with Gasteiger partial charge in [0.1, 0.15) is 0 Å². The number of nitrogens with zero attached hydrogens (tertiary/aromatic N) is 1. The summed E-state index contributed by atoms with van der Waals surface area (Å²) in [6.45, 7) is 10.4. The monoisotopic (exact) mass is 219 g/mol. The molecule has 1 aliphatic rings. The van der Waals surface area contributed by atoms with Crippen LogP contribution in [-0.4, -0.2) is 5.71 Å². The van der Waals surface area contributed by atoms with Gasteiger partial charge in [-0.1, -0.05) is 58.7 Å². The molecule has 0 unspecified atom stereocenters. The summed E-state index contributed by atoms with van der Waals surface area (Å²) in [5.41, 5.74) is 3.74. The van der Waals surface area contributed by atoms with Gasteiger partial charge in [0, 0.05) is 12.1 Å². The third kappa shape index (κ3) is 5.11. The molecule has 0 saturated heterocycles. The number of rotatable bonds is 1. The summed E-state index contributed by atoms with van der Waals surface area (Å²) in [6, 6.07) is 8.29. The predicted molar refractivity (Wildman–Crippen MR) is 74.8 cm³/mol.